The highest BCUT2D eigenvalue weighted by molar-refractivity contribution is 7.15. The SMILES string of the molecule is COc1cccc(CN)c1OCc1cn2ccsc2n1. The summed E-state index contributed by atoms with van der Waals surface area (Å²) in [6.07, 6.45) is 3.94. The largest absolute Gasteiger partial charge is 0.493 e. The zero-order valence-electron chi connectivity index (χ0n) is 11.1. The van der Waals surface area contributed by atoms with Gasteiger partial charge in [-0.2, -0.15) is 0 Å². The molecule has 0 spiro atoms. The topological polar surface area (TPSA) is 61.8 Å². The second kappa shape index (κ2) is 5.52. The minimum Gasteiger partial charge on any atom is -0.493 e. The first-order valence-corrected chi connectivity index (χ1v) is 7.09. The standard InChI is InChI=1S/C14H15N3O2S/c1-18-12-4-2-3-10(7-15)13(12)19-9-11-8-17-5-6-20-14(17)16-11/h2-6,8H,7,9,15H2,1H3. The van der Waals surface area contributed by atoms with Crippen LogP contribution in [0.4, 0.5) is 0 Å². The summed E-state index contributed by atoms with van der Waals surface area (Å²) < 4.78 is 13.2. The number of hydrogen-bond donors (Lipinski definition) is 1. The lowest BCUT2D eigenvalue weighted by atomic mass is 10.2. The molecule has 0 saturated heterocycles. The third kappa shape index (κ3) is 2.35. The molecule has 2 N–H and O–H groups in total. The van der Waals surface area contributed by atoms with Crippen LogP contribution in [0.2, 0.25) is 0 Å². The molecule has 3 rings (SSSR count). The van der Waals surface area contributed by atoms with Gasteiger partial charge in [0.15, 0.2) is 16.5 Å². The van der Waals surface area contributed by atoms with E-state index < -0.39 is 0 Å². The normalized spacial score (nSPS) is 10.9. The molecule has 0 radical (unpaired) electrons. The molecule has 104 valence electrons. The van der Waals surface area contributed by atoms with Crippen molar-refractivity contribution in [3.05, 3.63) is 47.2 Å². The second-order valence-electron chi connectivity index (χ2n) is 4.27. The van der Waals surface area contributed by atoms with Crippen LogP contribution in [0.25, 0.3) is 4.96 Å². The van der Waals surface area contributed by atoms with Crippen molar-refractivity contribution in [3.63, 3.8) is 0 Å². The van der Waals surface area contributed by atoms with Gasteiger partial charge in [0.25, 0.3) is 0 Å². The van der Waals surface area contributed by atoms with Gasteiger partial charge < -0.3 is 15.2 Å². The van der Waals surface area contributed by atoms with Crippen LogP contribution in [0.3, 0.4) is 0 Å². The predicted octanol–water partition coefficient (Wildman–Crippen LogP) is 2.44. The van der Waals surface area contributed by atoms with E-state index in [-0.39, 0.29) is 0 Å². The van der Waals surface area contributed by atoms with E-state index in [0.717, 1.165) is 16.2 Å². The minimum atomic E-state index is 0.391. The summed E-state index contributed by atoms with van der Waals surface area (Å²) in [6, 6.07) is 5.70. The molecular formula is C14H15N3O2S. The number of fused-ring (bicyclic) bond motifs is 1. The molecular weight excluding hydrogens is 274 g/mol. The van der Waals surface area contributed by atoms with Gasteiger partial charge in [0, 0.05) is 29.9 Å². The van der Waals surface area contributed by atoms with Gasteiger partial charge in [0.1, 0.15) is 6.61 Å². The van der Waals surface area contributed by atoms with Crippen LogP contribution in [0.1, 0.15) is 11.3 Å². The molecule has 20 heavy (non-hydrogen) atoms. The van der Waals surface area contributed by atoms with Crippen molar-refractivity contribution in [1.29, 1.82) is 0 Å². The Morgan fingerprint density at radius 2 is 2.30 bits per heavy atom. The molecule has 0 saturated carbocycles. The maximum Gasteiger partial charge on any atom is 0.193 e. The van der Waals surface area contributed by atoms with Crippen molar-refractivity contribution < 1.29 is 9.47 Å². The van der Waals surface area contributed by atoms with Gasteiger partial charge in [0.05, 0.1) is 12.8 Å². The molecule has 0 bridgehead atoms. The third-order valence-electron chi connectivity index (χ3n) is 3.01. The Hall–Kier alpha value is -2.05. The monoisotopic (exact) mass is 289 g/mol. The number of hydrogen-bond acceptors (Lipinski definition) is 5. The van der Waals surface area contributed by atoms with E-state index in [1.54, 1.807) is 18.4 Å². The Labute approximate surface area is 120 Å². The van der Waals surface area contributed by atoms with Gasteiger partial charge in [-0.15, -0.1) is 11.3 Å². The summed E-state index contributed by atoms with van der Waals surface area (Å²) in [5.41, 5.74) is 7.54. The quantitative estimate of drug-likeness (QED) is 0.783. The highest BCUT2D eigenvalue weighted by Gasteiger charge is 2.11. The Morgan fingerprint density at radius 1 is 1.40 bits per heavy atom. The van der Waals surface area contributed by atoms with Crippen LogP contribution in [0.15, 0.2) is 36.0 Å². The van der Waals surface area contributed by atoms with E-state index in [1.165, 1.54) is 0 Å². The lowest BCUT2D eigenvalue weighted by Crippen LogP contribution is -2.04. The van der Waals surface area contributed by atoms with Gasteiger partial charge in [-0.3, -0.25) is 4.40 Å². The molecule has 0 aliphatic heterocycles. The predicted molar refractivity (Wildman–Crippen MR) is 78.3 cm³/mol. The summed E-state index contributed by atoms with van der Waals surface area (Å²) in [7, 11) is 1.62. The highest BCUT2D eigenvalue weighted by atomic mass is 32.1. The lowest BCUT2D eigenvalue weighted by molar-refractivity contribution is 0.278. The number of thiazole rings is 1. The van der Waals surface area contributed by atoms with Crippen LogP contribution in [0, 0.1) is 0 Å². The first-order valence-electron chi connectivity index (χ1n) is 6.21. The summed E-state index contributed by atoms with van der Waals surface area (Å²) in [5, 5.41) is 2.00. The molecule has 0 aliphatic carbocycles. The van der Waals surface area contributed by atoms with Crippen LogP contribution in [-0.2, 0) is 13.2 Å². The number of para-hydroxylation sites is 1. The summed E-state index contributed by atoms with van der Waals surface area (Å²) >= 11 is 1.60. The number of aromatic nitrogens is 2. The van der Waals surface area contributed by atoms with Crippen molar-refractivity contribution in [2.24, 2.45) is 5.73 Å². The molecule has 0 unspecified atom stereocenters. The smallest absolute Gasteiger partial charge is 0.193 e. The molecule has 0 atom stereocenters. The number of methoxy groups -OCH3 is 1. The number of benzene rings is 1. The highest BCUT2D eigenvalue weighted by Crippen LogP contribution is 2.31. The average molecular weight is 289 g/mol. The van der Waals surface area contributed by atoms with Crippen molar-refractivity contribution in [1.82, 2.24) is 9.38 Å². The van der Waals surface area contributed by atoms with Crippen molar-refractivity contribution in [2.75, 3.05) is 7.11 Å². The van der Waals surface area contributed by atoms with Crippen LogP contribution < -0.4 is 15.2 Å². The van der Waals surface area contributed by atoms with Gasteiger partial charge in [-0.1, -0.05) is 12.1 Å². The lowest BCUT2D eigenvalue weighted by Gasteiger charge is -2.13. The third-order valence-corrected chi connectivity index (χ3v) is 3.78. The average Bonchev–Trinajstić information content (AvgIpc) is 3.05. The van der Waals surface area contributed by atoms with E-state index >= 15 is 0 Å². The van der Waals surface area contributed by atoms with Gasteiger partial charge in [-0.25, -0.2) is 4.98 Å². The second-order valence-corrected chi connectivity index (χ2v) is 5.14. The maximum atomic E-state index is 5.86. The molecule has 0 aliphatic rings. The summed E-state index contributed by atoms with van der Waals surface area (Å²) in [4.78, 5) is 5.44. The fourth-order valence-corrected chi connectivity index (χ4v) is 2.76. The number of imidazole rings is 1. The zero-order valence-corrected chi connectivity index (χ0v) is 11.9. The van der Waals surface area contributed by atoms with Crippen molar-refractivity contribution >= 4 is 16.3 Å². The summed E-state index contributed by atoms with van der Waals surface area (Å²) in [6.45, 7) is 0.798. The van der Waals surface area contributed by atoms with Crippen LogP contribution in [0.5, 0.6) is 11.5 Å². The first kappa shape index (κ1) is 13.0. The van der Waals surface area contributed by atoms with E-state index in [0.29, 0.717) is 24.7 Å². The van der Waals surface area contributed by atoms with Crippen molar-refractivity contribution in [3.8, 4) is 11.5 Å². The molecule has 0 amide bonds. The molecule has 1 aromatic carbocycles. The maximum absolute atomic E-state index is 5.86. The molecule has 6 heteroatoms. The number of nitrogens with zero attached hydrogens (tertiary/aromatic N) is 2. The molecule has 2 heterocycles. The Bertz CT molecular complexity index is 669. The van der Waals surface area contributed by atoms with E-state index in [2.05, 4.69) is 4.98 Å². The fourth-order valence-electron chi connectivity index (χ4n) is 2.04. The molecule has 2 aromatic heterocycles. The van der Waals surface area contributed by atoms with Crippen molar-refractivity contribution in [2.45, 2.75) is 13.2 Å². The molecule has 5 nitrogen and oxygen atoms in total. The fraction of sp³-hybridized carbons (Fsp3) is 0.214. The zero-order chi connectivity index (χ0) is 13.9. The van der Waals surface area contributed by atoms with E-state index in [1.807, 2.05) is 40.4 Å². The van der Waals surface area contributed by atoms with E-state index in [9.17, 15) is 0 Å². The number of ether oxygens (including phenoxy) is 2. The molecule has 0 fully saturated rings. The van der Waals surface area contributed by atoms with Gasteiger partial charge >= 0.3 is 0 Å². The summed E-state index contributed by atoms with van der Waals surface area (Å²) in [5.74, 6) is 1.38. The van der Waals surface area contributed by atoms with Gasteiger partial charge in [-0.05, 0) is 6.07 Å². The minimum absolute atomic E-state index is 0.391. The molecule has 3 aromatic rings. The van der Waals surface area contributed by atoms with Gasteiger partial charge in [0.2, 0.25) is 0 Å². The number of nitrogens with two attached hydrogens (primary N) is 1. The van der Waals surface area contributed by atoms with Crippen LogP contribution in [-0.4, -0.2) is 16.5 Å². The Balaban J connectivity index is 1.82. The first-order chi connectivity index (χ1) is 9.81. The van der Waals surface area contributed by atoms with E-state index in [4.69, 9.17) is 15.2 Å². The number of rotatable bonds is 5. The Morgan fingerprint density at radius 3 is 3.05 bits per heavy atom. The Kier molecular flexibility index (Phi) is 3.58. The van der Waals surface area contributed by atoms with Crippen LogP contribution >= 0.6 is 11.3 Å².